The van der Waals surface area contributed by atoms with Gasteiger partial charge in [0.25, 0.3) is 5.91 Å². The molecule has 0 fully saturated rings. The van der Waals surface area contributed by atoms with Crippen LogP contribution in [0.4, 0.5) is 4.39 Å². The Kier molecular flexibility index (Phi) is 7.48. The van der Waals surface area contributed by atoms with Crippen molar-refractivity contribution in [2.45, 2.75) is 0 Å². The number of halogens is 3. The van der Waals surface area contributed by atoms with E-state index >= 15 is 0 Å². The van der Waals surface area contributed by atoms with Crippen molar-refractivity contribution in [3.63, 3.8) is 0 Å². The third kappa shape index (κ3) is 5.58. The molecule has 2 N–H and O–H groups in total. The molecule has 1 aromatic heterocycles. The number of amides is 1. The number of hydrazone groups is 1. The summed E-state index contributed by atoms with van der Waals surface area (Å²) in [4.78, 5) is 28.9. The van der Waals surface area contributed by atoms with Crippen LogP contribution in [0.25, 0.3) is 22.0 Å². The van der Waals surface area contributed by atoms with Gasteiger partial charge in [0, 0.05) is 31.0 Å². The number of nitrogens with one attached hydrogen (secondary N) is 2. The van der Waals surface area contributed by atoms with Crippen molar-refractivity contribution < 1.29 is 18.7 Å². The molecule has 0 unspecified atom stereocenters. The topological polar surface area (TPSA) is 83.5 Å². The highest BCUT2D eigenvalue weighted by atomic mass is 79.9. The second-order valence-corrected chi connectivity index (χ2v) is 10.0. The minimum Gasteiger partial charge on any atom is -0.422 e. The summed E-state index contributed by atoms with van der Waals surface area (Å²) in [5, 5.41) is 4.68. The lowest BCUT2D eigenvalue weighted by Gasteiger charge is -2.08. The monoisotopic (exact) mass is 633 g/mol. The summed E-state index contributed by atoms with van der Waals surface area (Å²) in [6, 6.07) is 25.4. The van der Waals surface area contributed by atoms with Gasteiger partial charge in [0.1, 0.15) is 17.3 Å². The molecule has 6 nitrogen and oxygen atoms in total. The zero-order chi connectivity index (χ0) is 26.6. The number of hydrogen-bond donors (Lipinski definition) is 2. The number of H-pyrrole nitrogens is 1. The zero-order valence-corrected chi connectivity index (χ0v) is 22.7. The number of hydrogen-bond acceptors (Lipinski definition) is 4. The summed E-state index contributed by atoms with van der Waals surface area (Å²) in [5.41, 5.74) is 5.55. The summed E-state index contributed by atoms with van der Waals surface area (Å²) < 4.78 is 21.2. The van der Waals surface area contributed by atoms with Crippen LogP contribution in [0.3, 0.4) is 0 Å². The summed E-state index contributed by atoms with van der Waals surface area (Å²) in [6.07, 6.45) is 1.39. The number of carbonyl (C=O) groups is 2. The van der Waals surface area contributed by atoms with Crippen molar-refractivity contribution in [1.29, 1.82) is 0 Å². The zero-order valence-electron chi connectivity index (χ0n) is 19.5. The van der Waals surface area contributed by atoms with Crippen LogP contribution in [0.5, 0.6) is 5.75 Å². The fourth-order valence-electron chi connectivity index (χ4n) is 3.91. The Bertz CT molecular complexity index is 1680. The fraction of sp³-hybridized carbons (Fsp3) is 0. The molecule has 38 heavy (non-hydrogen) atoms. The normalized spacial score (nSPS) is 11.1. The third-order valence-corrected chi connectivity index (χ3v) is 6.70. The second-order valence-electron chi connectivity index (χ2n) is 8.21. The molecular formula is C29H18Br2FN3O3. The molecule has 0 atom stereocenters. The maximum Gasteiger partial charge on any atom is 0.343 e. The van der Waals surface area contributed by atoms with Crippen LogP contribution in [0.15, 0.2) is 105 Å². The number of aromatic amines is 1. The van der Waals surface area contributed by atoms with Gasteiger partial charge in [-0.15, -0.1) is 0 Å². The number of ether oxygens (including phenoxy) is 1. The van der Waals surface area contributed by atoms with E-state index in [-0.39, 0.29) is 11.4 Å². The smallest absolute Gasteiger partial charge is 0.343 e. The quantitative estimate of drug-likeness (QED) is 0.0879. The second kappa shape index (κ2) is 11.1. The van der Waals surface area contributed by atoms with Crippen LogP contribution in [0.2, 0.25) is 0 Å². The molecule has 0 bridgehead atoms. The Labute approximate surface area is 233 Å². The third-order valence-electron chi connectivity index (χ3n) is 5.67. The lowest BCUT2D eigenvalue weighted by Crippen LogP contribution is -2.19. The van der Waals surface area contributed by atoms with Crippen molar-refractivity contribution in [1.82, 2.24) is 10.4 Å². The van der Waals surface area contributed by atoms with Gasteiger partial charge in [-0.05, 0) is 66.2 Å². The SMILES string of the molecule is O=C(Oc1ccc(Br)cc1C=NNC(=O)c1[nH]c2ccc(F)cc2c1-c1ccccc1)c1ccc(Br)cc1. The van der Waals surface area contributed by atoms with Crippen LogP contribution >= 0.6 is 31.9 Å². The molecule has 0 aliphatic carbocycles. The van der Waals surface area contributed by atoms with Gasteiger partial charge >= 0.3 is 5.97 Å². The Hall–Kier alpha value is -4.08. The minimum absolute atomic E-state index is 0.241. The maximum atomic E-state index is 14.0. The maximum absolute atomic E-state index is 14.0. The Morgan fingerprint density at radius 1 is 0.895 bits per heavy atom. The van der Waals surface area contributed by atoms with Crippen molar-refractivity contribution in [3.8, 4) is 16.9 Å². The van der Waals surface area contributed by atoms with E-state index in [9.17, 15) is 14.0 Å². The number of nitrogens with zero attached hydrogens (tertiary/aromatic N) is 1. The molecule has 0 aliphatic rings. The van der Waals surface area contributed by atoms with E-state index in [1.54, 1.807) is 48.5 Å². The number of fused-ring (bicyclic) bond motifs is 1. The molecule has 1 amide bonds. The first-order chi connectivity index (χ1) is 18.4. The van der Waals surface area contributed by atoms with E-state index in [4.69, 9.17) is 4.74 Å². The Morgan fingerprint density at radius 3 is 2.39 bits per heavy atom. The Morgan fingerprint density at radius 2 is 1.63 bits per heavy atom. The average Bonchev–Trinajstić information content (AvgIpc) is 3.29. The molecule has 5 rings (SSSR count). The first-order valence-electron chi connectivity index (χ1n) is 11.4. The van der Waals surface area contributed by atoms with E-state index in [1.165, 1.54) is 18.3 Å². The molecule has 0 saturated heterocycles. The highest BCUT2D eigenvalue weighted by Gasteiger charge is 2.19. The van der Waals surface area contributed by atoms with Crippen LogP contribution in [0, 0.1) is 5.82 Å². The van der Waals surface area contributed by atoms with Gasteiger partial charge in [-0.25, -0.2) is 14.6 Å². The minimum atomic E-state index is -0.531. The number of carbonyl (C=O) groups excluding carboxylic acids is 2. The Balaban J connectivity index is 1.41. The summed E-state index contributed by atoms with van der Waals surface area (Å²) in [7, 11) is 0. The van der Waals surface area contributed by atoms with Gasteiger partial charge in [0.05, 0.1) is 11.8 Å². The number of esters is 1. The van der Waals surface area contributed by atoms with Crippen LogP contribution in [0.1, 0.15) is 26.4 Å². The van der Waals surface area contributed by atoms with E-state index in [1.807, 2.05) is 30.3 Å². The number of aromatic nitrogens is 1. The number of benzene rings is 4. The molecule has 9 heteroatoms. The first kappa shape index (κ1) is 25.6. The van der Waals surface area contributed by atoms with Crippen LogP contribution in [-0.4, -0.2) is 23.1 Å². The van der Waals surface area contributed by atoms with Crippen molar-refractivity contribution in [2.75, 3.05) is 0 Å². The highest BCUT2D eigenvalue weighted by molar-refractivity contribution is 9.10. The van der Waals surface area contributed by atoms with Gasteiger partial charge in [-0.2, -0.15) is 5.10 Å². The largest absolute Gasteiger partial charge is 0.422 e. The summed E-state index contributed by atoms with van der Waals surface area (Å²) >= 11 is 6.74. The van der Waals surface area contributed by atoms with E-state index in [0.717, 1.165) is 14.5 Å². The van der Waals surface area contributed by atoms with Gasteiger partial charge in [-0.1, -0.05) is 62.2 Å². The summed E-state index contributed by atoms with van der Waals surface area (Å²) in [5.74, 6) is -1.18. The predicted octanol–water partition coefficient (Wildman–Crippen LogP) is 7.48. The lowest BCUT2D eigenvalue weighted by molar-refractivity contribution is 0.0734. The van der Waals surface area contributed by atoms with Crippen molar-refractivity contribution in [3.05, 3.63) is 123 Å². The molecule has 5 aromatic rings. The van der Waals surface area contributed by atoms with E-state index < -0.39 is 17.7 Å². The fourth-order valence-corrected chi connectivity index (χ4v) is 4.56. The summed E-state index contributed by atoms with van der Waals surface area (Å²) in [6.45, 7) is 0. The molecule has 188 valence electrons. The molecular weight excluding hydrogens is 617 g/mol. The van der Waals surface area contributed by atoms with Crippen LogP contribution in [-0.2, 0) is 0 Å². The predicted molar refractivity (Wildman–Crippen MR) is 152 cm³/mol. The molecule has 0 radical (unpaired) electrons. The molecule has 4 aromatic carbocycles. The van der Waals surface area contributed by atoms with E-state index in [0.29, 0.717) is 27.6 Å². The van der Waals surface area contributed by atoms with Gasteiger partial charge < -0.3 is 9.72 Å². The van der Waals surface area contributed by atoms with Gasteiger partial charge in [0.15, 0.2) is 0 Å². The first-order valence-corrected chi connectivity index (χ1v) is 12.9. The highest BCUT2D eigenvalue weighted by Crippen LogP contribution is 2.33. The molecule has 0 saturated carbocycles. The van der Waals surface area contributed by atoms with Crippen molar-refractivity contribution >= 4 is 60.9 Å². The van der Waals surface area contributed by atoms with E-state index in [2.05, 4.69) is 47.4 Å². The van der Waals surface area contributed by atoms with Crippen LogP contribution < -0.4 is 10.2 Å². The molecule has 0 spiro atoms. The van der Waals surface area contributed by atoms with Gasteiger partial charge in [-0.3, -0.25) is 4.79 Å². The number of rotatable bonds is 6. The van der Waals surface area contributed by atoms with Gasteiger partial charge in [0.2, 0.25) is 0 Å². The lowest BCUT2D eigenvalue weighted by atomic mass is 10.0. The van der Waals surface area contributed by atoms with Crippen molar-refractivity contribution in [2.24, 2.45) is 5.10 Å². The average molecular weight is 635 g/mol. The molecule has 1 heterocycles. The standard InChI is InChI=1S/C29H18Br2FN3O3/c30-20-8-6-18(7-9-20)29(37)38-25-13-10-21(31)14-19(25)16-33-35-28(36)27-26(17-4-2-1-3-5-17)23-15-22(32)11-12-24(23)34-27/h1-16,34H,(H,35,36). The molecule has 0 aliphatic heterocycles.